The molecule has 4 heteroatoms. The van der Waals surface area contributed by atoms with Crippen molar-refractivity contribution in [3.63, 3.8) is 0 Å². The summed E-state index contributed by atoms with van der Waals surface area (Å²) in [5, 5.41) is 3.18. The summed E-state index contributed by atoms with van der Waals surface area (Å²) in [4.78, 5) is 6.51. The molecule has 1 aromatic heterocycles. The monoisotopic (exact) mass is 185 g/mol. The maximum Gasteiger partial charge on any atom is 0.107 e. The number of hydrogen-bond donors (Lipinski definition) is 1. The number of hydrogen-bond acceptors (Lipinski definition) is 4. The minimum Gasteiger partial charge on any atom is -0.329 e. The molecule has 0 aromatic carbocycles. The third-order valence-corrected chi connectivity index (χ3v) is 2.50. The average molecular weight is 185 g/mol. The van der Waals surface area contributed by atoms with Crippen LogP contribution in [-0.4, -0.2) is 29.5 Å². The van der Waals surface area contributed by atoms with Gasteiger partial charge in [-0.2, -0.15) is 0 Å². The van der Waals surface area contributed by atoms with E-state index in [0.717, 1.165) is 26.2 Å². The van der Waals surface area contributed by atoms with Crippen molar-refractivity contribution in [2.24, 2.45) is 5.73 Å². The molecule has 0 saturated heterocycles. The molecule has 0 aliphatic carbocycles. The molecule has 1 rings (SSSR count). The van der Waals surface area contributed by atoms with Crippen molar-refractivity contribution in [3.05, 3.63) is 16.6 Å². The first-order valence-electron chi connectivity index (χ1n) is 4.17. The van der Waals surface area contributed by atoms with Gasteiger partial charge in [-0.05, 0) is 6.54 Å². The van der Waals surface area contributed by atoms with E-state index in [4.69, 9.17) is 5.73 Å². The van der Waals surface area contributed by atoms with Gasteiger partial charge in [0.05, 0.1) is 6.54 Å². The number of nitrogens with zero attached hydrogens (tertiary/aromatic N) is 2. The van der Waals surface area contributed by atoms with E-state index in [9.17, 15) is 0 Å². The molecule has 0 atom stereocenters. The van der Waals surface area contributed by atoms with Crippen molar-refractivity contribution in [2.45, 2.75) is 13.5 Å². The van der Waals surface area contributed by atoms with Gasteiger partial charge < -0.3 is 5.73 Å². The average Bonchev–Trinajstić information content (AvgIpc) is 2.56. The summed E-state index contributed by atoms with van der Waals surface area (Å²) < 4.78 is 0. The Morgan fingerprint density at radius 3 is 3.00 bits per heavy atom. The molecule has 68 valence electrons. The van der Waals surface area contributed by atoms with Crippen LogP contribution in [0.3, 0.4) is 0 Å². The van der Waals surface area contributed by atoms with Crippen LogP contribution in [0.25, 0.3) is 0 Å². The van der Waals surface area contributed by atoms with Gasteiger partial charge in [0, 0.05) is 24.7 Å². The third-order valence-electron chi connectivity index (χ3n) is 1.73. The van der Waals surface area contributed by atoms with Crippen molar-refractivity contribution in [1.29, 1.82) is 0 Å². The second-order valence-corrected chi connectivity index (χ2v) is 3.56. The fourth-order valence-electron chi connectivity index (χ4n) is 1.05. The van der Waals surface area contributed by atoms with Gasteiger partial charge in [0.1, 0.15) is 5.01 Å². The summed E-state index contributed by atoms with van der Waals surface area (Å²) in [5.74, 6) is 0. The minimum absolute atomic E-state index is 0.721. The Morgan fingerprint density at radius 1 is 1.67 bits per heavy atom. The van der Waals surface area contributed by atoms with Gasteiger partial charge in [-0.15, -0.1) is 11.3 Å². The Bertz CT molecular complexity index is 198. The molecule has 1 heterocycles. The first kappa shape index (κ1) is 9.64. The summed E-state index contributed by atoms with van der Waals surface area (Å²) in [5.41, 5.74) is 5.48. The first-order chi connectivity index (χ1) is 5.86. The molecule has 2 N–H and O–H groups in total. The molecule has 0 spiro atoms. The zero-order valence-electron chi connectivity index (χ0n) is 7.36. The van der Waals surface area contributed by atoms with Crippen molar-refractivity contribution >= 4 is 11.3 Å². The van der Waals surface area contributed by atoms with E-state index >= 15 is 0 Å². The zero-order valence-corrected chi connectivity index (χ0v) is 8.18. The molecular formula is C8H15N3S. The molecule has 0 aliphatic rings. The number of likely N-dealkylation sites (N-methyl/N-ethyl adjacent to an activating group) is 1. The zero-order chi connectivity index (χ0) is 8.81. The Labute approximate surface area is 77.2 Å². The van der Waals surface area contributed by atoms with Gasteiger partial charge in [0.15, 0.2) is 0 Å². The molecule has 0 aliphatic heterocycles. The third kappa shape index (κ3) is 2.89. The van der Waals surface area contributed by atoms with Crippen LogP contribution in [0.5, 0.6) is 0 Å². The number of thiazole rings is 1. The fourth-order valence-corrected chi connectivity index (χ4v) is 1.71. The van der Waals surface area contributed by atoms with E-state index in [2.05, 4.69) is 16.8 Å². The van der Waals surface area contributed by atoms with Crippen LogP contribution >= 0.6 is 11.3 Å². The highest BCUT2D eigenvalue weighted by Crippen LogP contribution is 2.06. The van der Waals surface area contributed by atoms with E-state index in [1.807, 2.05) is 11.6 Å². The summed E-state index contributed by atoms with van der Waals surface area (Å²) in [6, 6.07) is 0. The Balaban J connectivity index is 2.37. The molecule has 0 saturated carbocycles. The second-order valence-electron chi connectivity index (χ2n) is 2.58. The van der Waals surface area contributed by atoms with Crippen LogP contribution in [0, 0.1) is 0 Å². The minimum atomic E-state index is 0.721. The smallest absolute Gasteiger partial charge is 0.107 e. The highest BCUT2D eigenvalue weighted by molar-refractivity contribution is 7.09. The largest absolute Gasteiger partial charge is 0.329 e. The van der Waals surface area contributed by atoms with Gasteiger partial charge in [-0.25, -0.2) is 4.98 Å². The molecule has 0 radical (unpaired) electrons. The summed E-state index contributed by atoms with van der Waals surface area (Å²) in [6.45, 7) is 5.79. The van der Waals surface area contributed by atoms with Gasteiger partial charge >= 0.3 is 0 Å². The molecule has 0 fully saturated rings. The molecule has 1 aromatic rings. The standard InChI is InChI=1S/C8H15N3S/c1-2-11(5-3-9)7-8-10-4-6-12-8/h4,6H,2-3,5,7,9H2,1H3. The van der Waals surface area contributed by atoms with Gasteiger partial charge in [0.25, 0.3) is 0 Å². The Morgan fingerprint density at radius 2 is 2.50 bits per heavy atom. The predicted molar refractivity (Wildman–Crippen MR) is 52.1 cm³/mol. The van der Waals surface area contributed by atoms with Crippen molar-refractivity contribution in [2.75, 3.05) is 19.6 Å². The predicted octanol–water partition coefficient (Wildman–Crippen LogP) is 0.924. The summed E-state index contributed by atoms with van der Waals surface area (Å²) in [6.07, 6.45) is 1.84. The van der Waals surface area contributed by atoms with Crippen LogP contribution in [0.15, 0.2) is 11.6 Å². The lowest BCUT2D eigenvalue weighted by Gasteiger charge is -2.17. The maximum absolute atomic E-state index is 5.48. The highest BCUT2D eigenvalue weighted by atomic mass is 32.1. The second kappa shape index (κ2) is 5.24. The van der Waals surface area contributed by atoms with Crippen LogP contribution in [0.2, 0.25) is 0 Å². The van der Waals surface area contributed by atoms with Crippen molar-refractivity contribution < 1.29 is 0 Å². The van der Waals surface area contributed by atoms with Crippen molar-refractivity contribution in [1.82, 2.24) is 9.88 Å². The van der Waals surface area contributed by atoms with E-state index in [-0.39, 0.29) is 0 Å². The molecule has 0 bridgehead atoms. The maximum atomic E-state index is 5.48. The summed E-state index contributed by atoms with van der Waals surface area (Å²) in [7, 11) is 0. The fraction of sp³-hybridized carbons (Fsp3) is 0.625. The Kier molecular flexibility index (Phi) is 4.21. The lowest BCUT2D eigenvalue weighted by atomic mass is 10.4. The summed E-state index contributed by atoms with van der Waals surface area (Å²) >= 11 is 1.70. The lowest BCUT2D eigenvalue weighted by Crippen LogP contribution is -2.28. The van der Waals surface area contributed by atoms with Crippen LogP contribution in [0.4, 0.5) is 0 Å². The van der Waals surface area contributed by atoms with Crippen LogP contribution < -0.4 is 5.73 Å². The first-order valence-corrected chi connectivity index (χ1v) is 5.05. The van der Waals surface area contributed by atoms with Gasteiger partial charge in [0.2, 0.25) is 0 Å². The molecule has 12 heavy (non-hydrogen) atoms. The Hall–Kier alpha value is -0.450. The van der Waals surface area contributed by atoms with E-state index in [1.165, 1.54) is 5.01 Å². The SMILES string of the molecule is CCN(CCN)Cc1nccs1. The van der Waals surface area contributed by atoms with Crippen molar-refractivity contribution in [3.8, 4) is 0 Å². The molecule has 0 unspecified atom stereocenters. The van der Waals surface area contributed by atoms with E-state index in [0.29, 0.717) is 0 Å². The van der Waals surface area contributed by atoms with Crippen LogP contribution in [-0.2, 0) is 6.54 Å². The van der Waals surface area contributed by atoms with Crippen LogP contribution in [0.1, 0.15) is 11.9 Å². The molecular weight excluding hydrogens is 170 g/mol. The molecule has 3 nitrogen and oxygen atoms in total. The highest BCUT2D eigenvalue weighted by Gasteiger charge is 2.03. The van der Waals surface area contributed by atoms with E-state index in [1.54, 1.807) is 11.3 Å². The normalized spacial score (nSPS) is 10.9. The molecule has 0 amide bonds. The lowest BCUT2D eigenvalue weighted by molar-refractivity contribution is 0.288. The van der Waals surface area contributed by atoms with E-state index < -0.39 is 0 Å². The number of aromatic nitrogens is 1. The number of rotatable bonds is 5. The quantitative estimate of drug-likeness (QED) is 0.742. The van der Waals surface area contributed by atoms with Gasteiger partial charge in [-0.3, -0.25) is 4.90 Å². The van der Waals surface area contributed by atoms with Gasteiger partial charge in [-0.1, -0.05) is 6.92 Å². The topological polar surface area (TPSA) is 42.1 Å². The number of nitrogens with two attached hydrogens (primary N) is 1.